The van der Waals surface area contributed by atoms with Crippen LogP contribution in [0.1, 0.15) is 20.8 Å². The second kappa shape index (κ2) is 6.74. The zero-order valence-corrected chi connectivity index (χ0v) is 12.0. The van der Waals surface area contributed by atoms with Crippen LogP contribution >= 0.6 is 0 Å². The van der Waals surface area contributed by atoms with Gasteiger partial charge in [0.05, 0.1) is 12.0 Å². The van der Waals surface area contributed by atoms with Gasteiger partial charge in [0.2, 0.25) is 5.91 Å². The van der Waals surface area contributed by atoms with Crippen molar-refractivity contribution in [2.24, 2.45) is 0 Å². The average Bonchev–Trinajstić information content (AvgIpc) is 2.37. The lowest BCUT2D eigenvalue weighted by atomic mass is 10.2. The van der Waals surface area contributed by atoms with Crippen LogP contribution in [0.4, 0.5) is 11.4 Å². The number of nitrogens with one attached hydrogen (secondary N) is 2. The summed E-state index contributed by atoms with van der Waals surface area (Å²) in [5, 5.41) is 16.5. The number of benzene rings is 1. The van der Waals surface area contributed by atoms with E-state index in [1.54, 1.807) is 13.0 Å². The molecule has 1 unspecified atom stereocenters. The summed E-state index contributed by atoms with van der Waals surface area (Å²) in [6.45, 7) is 5.46. The third-order valence-electron chi connectivity index (χ3n) is 2.58. The summed E-state index contributed by atoms with van der Waals surface area (Å²) in [6, 6.07) is 3.98. The minimum absolute atomic E-state index is 0.0538. The first-order chi connectivity index (χ1) is 9.35. The summed E-state index contributed by atoms with van der Waals surface area (Å²) in [4.78, 5) is 22.0. The predicted molar refractivity (Wildman–Crippen MR) is 76.0 cm³/mol. The van der Waals surface area contributed by atoms with Gasteiger partial charge in [-0.25, -0.2) is 0 Å². The van der Waals surface area contributed by atoms with Crippen LogP contribution < -0.4 is 15.4 Å². The molecule has 1 aromatic carbocycles. The number of nitro groups is 1. The maximum Gasteiger partial charge on any atom is 0.311 e. The lowest BCUT2D eigenvalue weighted by Gasteiger charge is -2.17. The van der Waals surface area contributed by atoms with Crippen molar-refractivity contribution in [3.8, 4) is 5.75 Å². The Bertz CT molecular complexity index is 502. The topological polar surface area (TPSA) is 93.5 Å². The Balaban J connectivity index is 2.83. The number of amides is 1. The van der Waals surface area contributed by atoms with E-state index in [-0.39, 0.29) is 23.4 Å². The fourth-order valence-electron chi connectivity index (χ4n) is 1.64. The Kier molecular flexibility index (Phi) is 5.31. The fraction of sp³-hybridized carbons (Fsp3) is 0.462. The monoisotopic (exact) mass is 281 g/mol. The number of ether oxygens (including phenoxy) is 1. The average molecular weight is 281 g/mol. The van der Waals surface area contributed by atoms with E-state index >= 15 is 0 Å². The summed E-state index contributed by atoms with van der Waals surface area (Å²) in [5.74, 6) is 0.00814. The summed E-state index contributed by atoms with van der Waals surface area (Å²) < 4.78 is 4.97. The molecule has 0 aromatic heterocycles. The van der Waals surface area contributed by atoms with E-state index in [4.69, 9.17) is 4.74 Å². The second-order valence-electron chi connectivity index (χ2n) is 4.67. The Labute approximate surface area is 117 Å². The summed E-state index contributed by atoms with van der Waals surface area (Å²) in [6.07, 6.45) is 0. The maximum absolute atomic E-state index is 11.8. The van der Waals surface area contributed by atoms with Gasteiger partial charge in [-0.2, -0.15) is 0 Å². The van der Waals surface area contributed by atoms with Crippen LogP contribution in [0.5, 0.6) is 5.75 Å². The van der Waals surface area contributed by atoms with E-state index in [0.717, 1.165) is 0 Å². The van der Waals surface area contributed by atoms with Crippen LogP contribution in [0.15, 0.2) is 18.2 Å². The largest absolute Gasteiger partial charge is 0.490 e. The van der Waals surface area contributed by atoms with Crippen LogP contribution in [0.25, 0.3) is 0 Å². The molecular weight excluding hydrogens is 262 g/mol. The summed E-state index contributed by atoms with van der Waals surface area (Å²) in [7, 11) is 1.36. The molecular formula is C13H19N3O4. The zero-order valence-electron chi connectivity index (χ0n) is 12.0. The molecule has 110 valence electrons. The van der Waals surface area contributed by atoms with Crippen molar-refractivity contribution < 1.29 is 14.5 Å². The van der Waals surface area contributed by atoms with Crippen molar-refractivity contribution in [3.05, 3.63) is 28.3 Å². The Hall–Kier alpha value is -2.31. The summed E-state index contributed by atoms with van der Waals surface area (Å²) >= 11 is 0. The Morgan fingerprint density at radius 2 is 2.00 bits per heavy atom. The van der Waals surface area contributed by atoms with E-state index in [9.17, 15) is 14.9 Å². The van der Waals surface area contributed by atoms with Gasteiger partial charge in [-0.15, -0.1) is 0 Å². The van der Waals surface area contributed by atoms with E-state index in [2.05, 4.69) is 10.6 Å². The minimum atomic E-state index is -0.516. The number of methoxy groups -OCH3 is 1. The number of carbonyl (C=O) groups is 1. The second-order valence-corrected chi connectivity index (χ2v) is 4.67. The van der Waals surface area contributed by atoms with Crippen molar-refractivity contribution in [1.29, 1.82) is 0 Å². The van der Waals surface area contributed by atoms with Gasteiger partial charge in [-0.1, -0.05) is 0 Å². The molecule has 1 aromatic rings. The smallest absolute Gasteiger partial charge is 0.311 e. The molecule has 0 saturated heterocycles. The molecule has 0 fully saturated rings. The Morgan fingerprint density at radius 3 is 2.50 bits per heavy atom. The number of carbonyl (C=O) groups excluding carboxylic acids is 1. The molecule has 20 heavy (non-hydrogen) atoms. The normalized spacial score (nSPS) is 11.8. The van der Waals surface area contributed by atoms with Gasteiger partial charge in [-0.05, 0) is 26.8 Å². The molecule has 2 N–H and O–H groups in total. The first kappa shape index (κ1) is 15.7. The van der Waals surface area contributed by atoms with Crippen LogP contribution in [0, 0.1) is 10.1 Å². The third kappa shape index (κ3) is 4.11. The van der Waals surface area contributed by atoms with Crippen molar-refractivity contribution in [2.45, 2.75) is 32.9 Å². The number of anilines is 1. The molecule has 0 radical (unpaired) electrons. The highest BCUT2D eigenvalue weighted by Gasteiger charge is 2.17. The minimum Gasteiger partial charge on any atom is -0.490 e. The van der Waals surface area contributed by atoms with Crippen LogP contribution in [0.3, 0.4) is 0 Å². The van der Waals surface area contributed by atoms with Crippen LogP contribution in [0.2, 0.25) is 0 Å². The van der Waals surface area contributed by atoms with Gasteiger partial charge in [0.1, 0.15) is 6.04 Å². The van der Waals surface area contributed by atoms with Crippen molar-refractivity contribution in [3.63, 3.8) is 0 Å². The van der Waals surface area contributed by atoms with Crippen molar-refractivity contribution >= 4 is 17.3 Å². The van der Waals surface area contributed by atoms with E-state index in [0.29, 0.717) is 5.69 Å². The molecule has 0 aliphatic rings. The Morgan fingerprint density at radius 1 is 1.35 bits per heavy atom. The van der Waals surface area contributed by atoms with Crippen molar-refractivity contribution in [2.75, 3.05) is 12.4 Å². The third-order valence-corrected chi connectivity index (χ3v) is 2.58. The molecule has 0 heterocycles. The number of nitro benzene ring substituents is 1. The molecule has 7 nitrogen and oxygen atoms in total. The quantitative estimate of drug-likeness (QED) is 0.614. The van der Waals surface area contributed by atoms with Gasteiger partial charge in [0, 0.05) is 23.9 Å². The first-order valence-corrected chi connectivity index (χ1v) is 6.24. The molecule has 7 heteroatoms. The molecule has 0 aliphatic carbocycles. The SMILES string of the molecule is COc1cc(NC(C)C(=O)NC(C)C)ccc1[N+](=O)[O-]. The predicted octanol–water partition coefficient (Wildman–Crippen LogP) is 1.93. The van der Waals surface area contributed by atoms with Crippen molar-refractivity contribution in [1.82, 2.24) is 5.32 Å². The van der Waals surface area contributed by atoms with Gasteiger partial charge in [0.15, 0.2) is 5.75 Å². The standard InChI is InChI=1S/C13H19N3O4/c1-8(2)14-13(17)9(3)15-10-5-6-11(16(18)19)12(7-10)20-4/h5-9,15H,1-4H3,(H,14,17). The summed E-state index contributed by atoms with van der Waals surface area (Å²) in [5.41, 5.74) is 0.469. The number of nitrogens with zero attached hydrogens (tertiary/aromatic N) is 1. The highest BCUT2D eigenvalue weighted by molar-refractivity contribution is 5.84. The van der Waals surface area contributed by atoms with E-state index < -0.39 is 11.0 Å². The molecule has 0 saturated carbocycles. The maximum atomic E-state index is 11.8. The van der Waals surface area contributed by atoms with Crippen LogP contribution in [-0.2, 0) is 4.79 Å². The highest BCUT2D eigenvalue weighted by Crippen LogP contribution is 2.29. The van der Waals surface area contributed by atoms with Gasteiger partial charge in [-0.3, -0.25) is 14.9 Å². The van der Waals surface area contributed by atoms with E-state index in [1.165, 1.54) is 19.2 Å². The molecule has 0 bridgehead atoms. The molecule has 1 rings (SSSR count). The lowest BCUT2D eigenvalue weighted by molar-refractivity contribution is -0.385. The number of rotatable bonds is 6. The van der Waals surface area contributed by atoms with Gasteiger partial charge in [0.25, 0.3) is 0 Å². The number of hydrogen-bond acceptors (Lipinski definition) is 5. The van der Waals surface area contributed by atoms with Crippen LogP contribution in [-0.4, -0.2) is 30.0 Å². The fourth-order valence-corrected chi connectivity index (χ4v) is 1.64. The first-order valence-electron chi connectivity index (χ1n) is 6.24. The number of hydrogen-bond donors (Lipinski definition) is 2. The molecule has 0 spiro atoms. The lowest BCUT2D eigenvalue weighted by Crippen LogP contribution is -2.40. The molecule has 1 amide bonds. The van der Waals surface area contributed by atoms with Gasteiger partial charge >= 0.3 is 5.69 Å². The molecule has 0 aliphatic heterocycles. The molecule has 1 atom stereocenters. The zero-order chi connectivity index (χ0) is 15.3. The van der Waals surface area contributed by atoms with Gasteiger partial charge < -0.3 is 15.4 Å². The highest BCUT2D eigenvalue weighted by atomic mass is 16.6. The van der Waals surface area contributed by atoms with E-state index in [1.807, 2.05) is 13.8 Å².